The summed E-state index contributed by atoms with van der Waals surface area (Å²) in [7, 11) is 0. The predicted molar refractivity (Wildman–Crippen MR) is 114 cm³/mol. The summed E-state index contributed by atoms with van der Waals surface area (Å²) in [5, 5.41) is 14.9. The highest BCUT2D eigenvalue weighted by atomic mass is 16.5. The van der Waals surface area contributed by atoms with Gasteiger partial charge in [-0.15, -0.1) is 6.58 Å². The van der Waals surface area contributed by atoms with Crippen LogP contribution in [0.15, 0.2) is 47.5 Å². The molecule has 5 nitrogen and oxygen atoms in total. The molecule has 5 heteroatoms. The molecule has 1 saturated heterocycles. The standard InChI is InChI=1S/C23H33N3O2/c1-3-5-13-20(27)17-25(14-4-2)18-21-22(19-11-7-6-8-12-19)24-28-23(21)26-15-9-10-16-26/h3,6-8,11-12,20,27H,1,4-5,9-10,13-18H2,2H3. The van der Waals surface area contributed by atoms with Crippen molar-refractivity contribution in [2.75, 3.05) is 31.1 Å². The van der Waals surface area contributed by atoms with Crippen LogP contribution in [0, 0.1) is 0 Å². The first kappa shape index (κ1) is 20.6. The molecule has 1 N–H and O–H groups in total. The maximum Gasteiger partial charge on any atom is 0.232 e. The number of benzene rings is 1. The molecule has 0 radical (unpaired) electrons. The molecule has 2 heterocycles. The fourth-order valence-corrected chi connectivity index (χ4v) is 3.91. The van der Waals surface area contributed by atoms with Crippen LogP contribution in [0.5, 0.6) is 0 Å². The van der Waals surface area contributed by atoms with Crippen molar-refractivity contribution >= 4 is 5.88 Å². The van der Waals surface area contributed by atoms with E-state index in [-0.39, 0.29) is 6.10 Å². The first-order chi connectivity index (χ1) is 13.7. The van der Waals surface area contributed by atoms with Crippen molar-refractivity contribution in [3.63, 3.8) is 0 Å². The summed E-state index contributed by atoms with van der Waals surface area (Å²) >= 11 is 0. The summed E-state index contributed by atoms with van der Waals surface area (Å²) in [4.78, 5) is 4.64. The quantitative estimate of drug-likeness (QED) is 0.580. The van der Waals surface area contributed by atoms with Crippen molar-refractivity contribution < 1.29 is 9.63 Å². The summed E-state index contributed by atoms with van der Waals surface area (Å²) < 4.78 is 5.86. The van der Waals surface area contributed by atoms with Gasteiger partial charge in [0, 0.05) is 31.7 Å². The zero-order chi connectivity index (χ0) is 19.8. The average molecular weight is 384 g/mol. The van der Waals surface area contributed by atoms with Crippen molar-refractivity contribution in [1.29, 1.82) is 0 Å². The smallest absolute Gasteiger partial charge is 0.232 e. The highest BCUT2D eigenvalue weighted by molar-refractivity contribution is 5.68. The number of anilines is 1. The highest BCUT2D eigenvalue weighted by Gasteiger charge is 2.26. The summed E-state index contributed by atoms with van der Waals surface area (Å²) in [6, 6.07) is 10.2. The van der Waals surface area contributed by atoms with Gasteiger partial charge in [-0.05, 0) is 38.6 Å². The van der Waals surface area contributed by atoms with Gasteiger partial charge in [0.1, 0.15) is 5.69 Å². The van der Waals surface area contributed by atoms with Gasteiger partial charge in [0.15, 0.2) is 0 Å². The number of rotatable bonds is 11. The van der Waals surface area contributed by atoms with Crippen LogP contribution in [0.4, 0.5) is 5.88 Å². The second-order valence-electron chi connectivity index (χ2n) is 7.63. The Morgan fingerprint density at radius 2 is 2.04 bits per heavy atom. The summed E-state index contributed by atoms with van der Waals surface area (Å²) in [5.41, 5.74) is 3.14. The molecule has 1 aromatic carbocycles. The molecule has 0 bridgehead atoms. The van der Waals surface area contributed by atoms with Crippen LogP contribution in [-0.2, 0) is 6.54 Å². The number of hydrogen-bond donors (Lipinski definition) is 1. The van der Waals surface area contributed by atoms with E-state index in [0.29, 0.717) is 6.54 Å². The lowest BCUT2D eigenvalue weighted by atomic mass is 10.1. The maximum atomic E-state index is 10.4. The van der Waals surface area contributed by atoms with Crippen molar-refractivity contribution in [1.82, 2.24) is 10.1 Å². The van der Waals surface area contributed by atoms with E-state index < -0.39 is 0 Å². The van der Waals surface area contributed by atoms with Gasteiger partial charge in [-0.3, -0.25) is 4.90 Å². The fourth-order valence-electron chi connectivity index (χ4n) is 3.91. The monoisotopic (exact) mass is 383 g/mol. The molecule has 0 spiro atoms. The van der Waals surface area contributed by atoms with E-state index in [9.17, 15) is 5.11 Å². The zero-order valence-corrected chi connectivity index (χ0v) is 17.0. The Morgan fingerprint density at radius 3 is 2.71 bits per heavy atom. The minimum Gasteiger partial charge on any atom is -0.392 e. The molecular formula is C23H33N3O2. The van der Waals surface area contributed by atoms with Crippen LogP contribution in [0.3, 0.4) is 0 Å². The largest absolute Gasteiger partial charge is 0.392 e. The Hall–Kier alpha value is -2.11. The number of aliphatic hydroxyl groups excluding tert-OH is 1. The van der Waals surface area contributed by atoms with Gasteiger partial charge < -0.3 is 14.5 Å². The molecule has 152 valence electrons. The maximum absolute atomic E-state index is 10.4. The van der Waals surface area contributed by atoms with Crippen LogP contribution < -0.4 is 4.90 Å². The van der Waals surface area contributed by atoms with E-state index in [0.717, 1.165) is 68.1 Å². The number of hydrogen-bond acceptors (Lipinski definition) is 5. The Labute approximate surface area is 168 Å². The number of aliphatic hydroxyl groups is 1. The van der Waals surface area contributed by atoms with Gasteiger partial charge >= 0.3 is 0 Å². The molecule has 1 aliphatic heterocycles. The molecule has 28 heavy (non-hydrogen) atoms. The van der Waals surface area contributed by atoms with E-state index in [1.807, 2.05) is 24.3 Å². The summed E-state index contributed by atoms with van der Waals surface area (Å²) in [5.74, 6) is 0.901. The van der Waals surface area contributed by atoms with Crippen molar-refractivity contribution in [2.45, 2.75) is 51.7 Å². The third-order valence-electron chi connectivity index (χ3n) is 5.30. The molecule has 2 aromatic rings. The number of nitrogens with zero attached hydrogens (tertiary/aromatic N) is 3. The minimum absolute atomic E-state index is 0.347. The van der Waals surface area contributed by atoms with Crippen molar-refractivity contribution in [3.05, 3.63) is 48.6 Å². The zero-order valence-electron chi connectivity index (χ0n) is 17.0. The van der Waals surface area contributed by atoms with E-state index in [1.54, 1.807) is 0 Å². The third kappa shape index (κ3) is 5.24. The first-order valence-corrected chi connectivity index (χ1v) is 10.5. The van der Waals surface area contributed by atoms with Gasteiger partial charge in [0.05, 0.1) is 11.7 Å². The second kappa shape index (κ2) is 10.4. The first-order valence-electron chi connectivity index (χ1n) is 10.5. The van der Waals surface area contributed by atoms with Crippen LogP contribution >= 0.6 is 0 Å². The highest BCUT2D eigenvalue weighted by Crippen LogP contribution is 2.34. The van der Waals surface area contributed by atoms with Gasteiger partial charge in [0.2, 0.25) is 5.88 Å². The lowest BCUT2D eigenvalue weighted by Crippen LogP contribution is -2.33. The van der Waals surface area contributed by atoms with E-state index in [4.69, 9.17) is 4.52 Å². The summed E-state index contributed by atoms with van der Waals surface area (Å²) in [6.45, 7) is 10.3. The molecule has 0 saturated carbocycles. The second-order valence-corrected chi connectivity index (χ2v) is 7.63. The fraction of sp³-hybridized carbons (Fsp3) is 0.522. The molecule has 1 atom stereocenters. The Bertz CT molecular complexity index is 723. The molecule has 1 unspecified atom stereocenters. The van der Waals surface area contributed by atoms with Gasteiger partial charge in [-0.25, -0.2) is 0 Å². The molecule has 1 aliphatic rings. The molecule has 1 fully saturated rings. The Balaban J connectivity index is 1.86. The van der Waals surface area contributed by atoms with Gasteiger partial charge in [-0.1, -0.05) is 48.5 Å². The topological polar surface area (TPSA) is 52.7 Å². The van der Waals surface area contributed by atoms with Crippen LogP contribution in [-0.4, -0.2) is 47.4 Å². The van der Waals surface area contributed by atoms with Crippen LogP contribution in [0.25, 0.3) is 11.3 Å². The molecule has 1 aromatic heterocycles. The van der Waals surface area contributed by atoms with E-state index in [1.165, 1.54) is 12.8 Å². The number of aromatic nitrogens is 1. The minimum atomic E-state index is -0.347. The Kier molecular flexibility index (Phi) is 7.69. The summed E-state index contributed by atoms with van der Waals surface area (Å²) in [6.07, 6.45) is 6.53. The Morgan fingerprint density at radius 1 is 1.29 bits per heavy atom. The molecule has 3 rings (SSSR count). The number of allylic oxidation sites excluding steroid dienone is 1. The lowest BCUT2D eigenvalue weighted by molar-refractivity contribution is 0.102. The van der Waals surface area contributed by atoms with Gasteiger partial charge in [0.25, 0.3) is 0 Å². The molecule has 0 aliphatic carbocycles. The average Bonchev–Trinajstić information content (AvgIpc) is 3.37. The molecule has 0 amide bonds. The van der Waals surface area contributed by atoms with E-state index in [2.05, 4.69) is 40.6 Å². The van der Waals surface area contributed by atoms with Crippen molar-refractivity contribution in [2.24, 2.45) is 0 Å². The van der Waals surface area contributed by atoms with Crippen molar-refractivity contribution in [3.8, 4) is 11.3 Å². The van der Waals surface area contributed by atoms with Gasteiger partial charge in [-0.2, -0.15) is 0 Å². The van der Waals surface area contributed by atoms with Crippen LogP contribution in [0.2, 0.25) is 0 Å². The normalized spacial score (nSPS) is 15.3. The van der Waals surface area contributed by atoms with E-state index >= 15 is 0 Å². The predicted octanol–water partition coefficient (Wildman–Crippen LogP) is 4.48. The third-order valence-corrected chi connectivity index (χ3v) is 5.30. The van der Waals surface area contributed by atoms with Crippen LogP contribution in [0.1, 0.15) is 44.6 Å². The lowest BCUT2D eigenvalue weighted by Gasteiger charge is -2.25. The molecular weight excluding hydrogens is 350 g/mol. The SMILES string of the molecule is C=CCCC(O)CN(CCC)Cc1c(-c2ccccc2)noc1N1CCCC1.